The average Bonchev–Trinajstić information content (AvgIpc) is 2.67. The molecule has 0 fully saturated rings. The summed E-state index contributed by atoms with van der Waals surface area (Å²) < 4.78 is 33.8. The summed E-state index contributed by atoms with van der Waals surface area (Å²) in [5.74, 6) is -1.46. The molecule has 17 heavy (non-hydrogen) atoms. The van der Waals surface area contributed by atoms with Gasteiger partial charge in [0.2, 0.25) is 5.82 Å². The summed E-state index contributed by atoms with van der Waals surface area (Å²) in [5, 5.41) is 0. The fraction of sp³-hybridized carbons (Fsp3) is 0.182. The highest BCUT2D eigenvalue weighted by Gasteiger charge is 2.12. The highest BCUT2D eigenvalue weighted by atomic mass is 79.9. The molecule has 0 amide bonds. The van der Waals surface area contributed by atoms with Crippen LogP contribution in [-0.2, 0) is 13.7 Å². The Labute approximate surface area is 105 Å². The lowest BCUT2D eigenvalue weighted by molar-refractivity contribution is 0.272. The van der Waals surface area contributed by atoms with E-state index in [0.717, 1.165) is 6.07 Å². The molecule has 1 aromatic heterocycles. The number of hydrogen-bond donors (Lipinski definition) is 0. The standard InChI is InChI=1S/C11H9BrF2N2O/c1-16-3-2-15-10(16)6-17-9-5-7(12)4-8(13)11(9)14/h2-5H,6H2,1H3. The molecule has 0 N–H and O–H groups in total. The van der Waals surface area contributed by atoms with Crippen molar-refractivity contribution in [3.05, 3.63) is 46.5 Å². The second-order valence-electron chi connectivity index (χ2n) is 3.44. The van der Waals surface area contributed by atoms with Gasteiger partial charge in [0.05, 0.1) is 0 Å². The third-order valence-electron chi connectivity index (χ3n) is 2.24. The average molecular weight is 303 g/mol. The summed E-state index contributed by atoms with van der Waals surface area (Å²) in [5.41, 5.74) is 0. The molecule has 90 valence electrons. The quantitative estimate of drug-likeness (QED) is 0.815. The van der Waals surface area contributed by atoms with Crippen LogP contribution in [0.15, 0.2) is 29.0 Å². The molecule has 3 nitrogen and oxygen atoms in total. The second-order valence-corrected chi connectivity index (χ2v) is 4.36. The van der Waals surface area contributed by atoms with Crippen LogP contribution in [0.4, 0.5) is 8.78 Å². The number of benzene rings is 1. The predicted octanol–water partition coefficient (Wildman–Crippen LogP) is 3.04. The molecule has 0 aliphatic rings. The Kier molecular flexibility index (Phi) is 3.42. The Morgan fingerprint density at radius 1 is 1.41 bits per heavy atom. The summed E-state index contributed by atoms with van der Waals surface area (Å²) in [7, 11) is 1.80. The van der Waals surface area contributed by atoms with E-state index < -0.39 is 11.6 Å². The van der Waals surface area contributed by atoms with E-state index >= 15 is 0 Å². The van der Waals surface area contributed by atoms with Crippen molar-refractivity contribution in [1.29, 1.82) is 0 Å². The molecule has 0 bridgehead atoms. The summed E-state index contributed by atoms with van der Waals surface area (Å²) in [6, 6.07) is 2.42. The molecule has 2 rings (SSSR count). The van der Waals surface area contributed by atoms with E-state index in [4.69, 9.17) is 4.74 Å². The van der Waals surface area contributed by atoms with Crippen molar-refractivity contribution in [3.63, 3.8) is 0 Å². The van der Waals surface area contributed by atoms with Gasteiger partial charge in [0.1, 0.15) is 12.4 Å². The molecule has 0 saturated heterocycles. The van der Waals surface area contributed by atoms with E-state index in [1.807, 2.05) is 0 Å². The molecule has 0 saturated carbocycles. The summed E-state index contributed by atoms with van der Waals surface area (Å²) in [6.07, 6.45) is 3.35. The van der Waals surface area contributed by atoms with Gasteiger partial charge in [-0.2, -0.15) is 4.39 Å². The molecule has 0 spiro atoms. The van der Waals surface area contributed by atoms with Crippen molar-refractivity contribution in [3.8, 4) is 5.75 Å². The van der Waals surface area contributed by atoms with Gasteiger partial charge in [0, 0.05) is 23.9 Å². The third-order valence-corrected chi connectivity index (χ3v) is 2.70. The molecule has 0 atom stereocenters. The van der Waals surface area contributed by atoms with E-state index in [9.17, 15) is 8.78 Å². The number of ether oxygens (including phenoxy) is 1. The molecule has 1 aromatic carbocycles. The van der Waals surface area contributed by atoms with Gasteiger partial charge in [-0.1, -0.05) is 15.9 Å². The van der Waals surface area contributed by atoms with Crippen LogP contribution in [0.25, 0.3) is 0 Å². The van der Waals surface area contributed by atoms with E-state index in [2.05, 4.69) is 20.9 Å². The maximum Gasteiger partial charge on any atom is 0.200 e. The molecule has 2 aromatic rings. The van der Waals surface area contributed by atoms with E-state index in [1.165, 1.54) is 6.07 Å². The lowest BCUT2D eigenvalue weighted by Crippen LogP contribution is -2.04. The van der Waals surface area contributed by atoms with Crippen LogP contribution in [0.3, 0.4) is 0 Å². The maximum absolute atomic E-state index is 13.4. The molecular weight excluding hydrogens is 294 g/mol. The van der Waals surface area contributed by atoms with Gasteiger partial charge in [-0.25, -0.2) is 9.37 Å². The van der Waals surface area contributed by atoms with Crippen LogP contribution in [0.5, 0.6) is 5.75 Å². The molecule has 6 heteroatoms. The zero-order valence-corrected chi connectivity index (χ0v) is 10.5. The Hall–Kier alpha value is -1.43. The molecule has 0 radical (unpaired) electrons. The predicted molar refractivity (Wildman–Crippen MR) is 61.6 cm³/mol. The maximum atomic E-state index is 13.4. The number of imidazole rings is 1. The van der Waals surface area contributed by atoms with Crippen molar-refractivity contribution in [2.45, 2.75) is 6.61 Å². The van der Waals surface area contributed by atoms with Gasteiger partial charge in [-0.3, -0.25) is 0 Å². The van der Waals surface area contributed by atoms with Crippen molar-refractivity contribution >= 4 is 15.9 Å². The topological polar surface area (TPSA) is 27.1 Å². The number of hydrogen-bond acceptors (Lipinski definition) is 2. The lowest BCUT2D eigenvalue weighted by atomic mass is 10.3. The zero-order valence-electron chi connectivity index (χ0n) is 8.95. The monoisotopic (exact) mass is 302 g/mol. The highest BCUT2D eigenvalue weighted by molar-refractivity contribution is 9.10. The highest BCUT2D eigenvalue weighted by Crippen LogP contribution is 2.25. The van der Waals surface area contributed by atoms with Crippen LogP contribution in [0, 0.1) is 11.6 Å². The minimum atomic E-state index is -0.998. The van der Waals surface area contributed by atoms with Gasteiger partial charge in [0.15, 0.2) is 11.6 Å². The first-order valence-electron chi connectivity index (χ1n) is 4.81. The normalized spacial score (nSPS) is 10.6. The van der Waals surface area contributed by atoms with Crippen LogP contribution in [0.2, 0.25) is 0 Å². The van der Waals surface area contributed by atoms with Crippen LogP contribution < -0.4 is 4.74 Å². The Morgan fingerprint density at radius 2 is 2.18 bits per heavy atom. The van der Waals surface area contributed by atoms with Crippen molar-refractivity contribution in [2.75, 3.05) is 0 Å². The van der Waals surface area contributed by atoms with E-state index in [1.54, 1.807) is 24.0 Å². The minimum Gasteiger partial charge on any atom is -0.482 e. The van der Waals surface area contributed by atoms with E-state index in [-0.39, 0.29) is 12.4 Å². The van der Waals surface area contributed by atoms with Crippen molar-refractivity contribution < 1.29 is 13.5 Å². The SMILES string of the molecule is Cn1ccnc1COc1cc(Br)cc(F)c1F. The zero-order chi connectivity index (χ0) is 12.4. The number of rotatable bonds is 3. The Bertz CT molecular complexity index is 542. The largest absolute Gasteiger partial charge is 0.482 e. The smallest absolute Gasteiger partial charge is 0.200 e. The van der Waals surface area contributed by atoms with Gasteiger partial charge in [-0.05, 0) is 12.1 Å². The number of halogens is 3. The van der Waals surface area contributed by atoms with Gasteiger partial charge in [-0.15, -0.1) is 0 Å². The first kappa shape index (κ1) is 12.0. The summed E-state index contributed by atoms with van der Waals surface area (Å²) >= 11 is 3.07. The summed E-state index contributed by atoms with van der Waals surface area (Å²) in [6.45, 7) is 0.0797. The number of aryl methyl sites for hydroxylation is 1. The number of nitrogens with zero attached hydrogens (tertiary/aromatic N) is 2. The fourth-order valence-electron chi connectivity index (χ4n) is 1.32. The Balaban J connectivity index is 2.17. The first-order valence-corrected chi connectivity index (χ1v) is 5.61. The molecule has 0 aliphatic heterocycles. The van der Waals surface area contributed by atoms with E-state index in [0.29, 0.717) is 10.3 Å². The van der Waals surface area contributed by atoms with Crippen LogP contribution in [-0.4, -0.2) is 9.55 Å². The van der Waals surface area contributed by atoms with Gasteiger partial charge < -0.3 is 9.30 Å². The third kappa shape index (κ3) is 2.63. The molecule has 0 aliphatic carbocycles. The molecule has 0 unspecified atom stereocenters. The van der Waals surface area contributed by atoms with Gasteiger partial charge >= 0.3 is 0 Å². The minimum absolute atomic E-state index is 0.0797. The molecular formula is C11H9BrF2N2O. The first-order chi connectivity index (χ1) is 8.08. The summed E-state index contributed by atoms with van der Waals surface area (Å²) in [4.78, 5) is 4.02. The number of aromatic nitrogens is 2. The lowest BCUT2D eigenvalue weighted by Gasteiger charge is -2.08. The van der Waals surface area contributed by atoms with Crippen LogP contribution in [0.1, 0.15) is 5.82 Å². The fourth-order valence-corrected chi connectivity index (χ4v) is 1.72. The van der Waals surface area contributed by atoms with Gasteiger partial charge in [0.25, 0.3) is 0 Å². The molecule has 1 heterocycles. The van der Waals surface area contributed by atoms with Crippen LogP contribution >= 0.6 is 15.9 Å². The second kappa shape index (κ2) is 4.83. The Morgan fingerprint density at radius 3 is 2.82 bits per heavy atom. The van der Waals surface area contributed by atoms with Crippen molar-refractivity contribution in [2.24, 2.45) is 7.05 Å². The van der Waals surface area contributed by atoms with Crippen molar-refractivity contribution in [1.82, 2.24) is 9.55 Å².